The van der Waals surface area contributed by atoms with E-state index < -0.39 is 0 Å². The summed E-state index contributed by atoms with van der Waals surface area (Å²) in [5.74, 6) is 0. The SMILES string of the molecule is COCC(OC)[N+](C)(C)CCO. The smallest absolute Gasteiger partial charge is 0.216 e. The lowest BCUT2D eigenvalue weighted by Gasteiger charge is -2.35. The lowest BCUT2D eigenvalue weighted by Crippen LogP contribution is -2.53. The molecule has 0 radical (unpaired) electrons. The Morgan fingerprint density at radius 2 is 1.92 bits per heavy atom. The maximum Gasteiger partial charge on any atom is 0.216 e. The zero-order valence-electron chi connectivity index (χ0n) is 8.41. The van der Waals surface area contributed by atoms with E-state index in [0.717, 1.165) is 0 Å². The van der Waals surface area contributed by atoms with Gasteiger partial charge in [0.05, 0.1) is 20.7 Å². The molecular weight excluding hydrogens is 158 g/mol. The fraction of sp³-hybridized carbons (Fsp3) is 1.00. The number of aliphatic hydroxyl groups is 1. The van der Waals surface area contributed by atoms with Crippen molar-refractivity contribution in [2.24, 2.45) is 0 Å². The van der Waals surface area contributed by atoms with Crippen LogP contribution >= 0.6 is 0 Å². The highest BCUT2D eigenvalue weighted by atomic mass is 16.5. The van der Waals surface area contributed by atoms with Gasteiger partial charge in [0.2, 0.25) is 6.23 Å². The summed E-state index contributed by atoms with van der Waals surface area (Å²) in [7, 11) is 7.30. The number of aliphatic hydroxyl groups excluding tert-OH is 1. The van der Waals surface area contributed by atoms with Gasteiger partial charge in [-0.2, -0.15) is 0 Å². The first-order chi connectivity index (χ1) is 5.58. The summed E-state index contributed by atoms with van der Waals surface area (Å²) in [4.78, 5) is 0. The van der Waals surface area contributed by atoms with Crippen LogP contribution in [0.1, 0.15) is 0 Å². The molecule has 0 bridgehead atoms. The van der Waals surface area contributed by atoms with Gasteiger partial charge < -0.3 is 14.6 Å². The molecule has 1 atom stereocenters. The van der Waals surface area contributed by atoms with E-state index in [1.165, 1.54) is 0 Å². The van der Waals surface area contributed by atoms with Crippen LogP contribution in [0.25, 0.3) is 0 Å². The summed E-state index contributed by atoms with van der Waals surface area (Å²) in [6, 6.07) is 0. The van der Waals surface area contributed by atoms with Crippen LogP contribution in [-0.2, 0) is 9.47 Å². The van der Waals surface area contributed by atoms with E-state index in [4.69, 9.17) is 14.6 Å². The number of quaternary nitrogens is 1. The molecule has 0 aromatic heterocycles. The molecule has 0 aliphatic heterocycles. The van der Waals surface area contributed by atoms with Crippen molar-refractivity contribution in [2.45, 2.75) is 6.23 Å². The van der Waals surface area contributed by atoms with Crippen LogP contribution in [0.3, 0.4) is 0 Å². The minimum absolute atomic E-state index is 0.0119. The summed E-state index contributed by atoms with van der Waals surface area (Å²) in [5.41, 5.74) is 0. The molecule has 0 rings (SSSR count). The number of rotatable bonds is 6. The molecule has 12 heavy (non-hydrogen) atoms. The van der Waals surface area contributed by atoms with Crippen LogP contribution < -0.4 is 0 Å². The highest BCUT2D eigenvalue weighted by Crippen LogP contribution is 2.07. The van der Waals surface area contributed by atoms with Crippen molar-refractivity contribution in [2.75, 3.05) is 48.1 Å². The maximum absolute atomic E-state index is 8.80. The first-order valence-corrected chi connectivity index (χ1v) is 4.03. The van der Waals surface area contributed by atoms with Crippen molar-refractivity contribution in [3.05, 3.63) is 0 Å². The quantitative estimate of drug-likeness (QED) is 0.447. The largest absolute Gasteiger partial charge is 0.391 e. The maximum atomic E-state index is 8.80. The molecular formula is C8H20NO3+. The van der Waals surface area contributed by atoms with E-state index in [-0.39, 0.29) is 12.8 Å². The van der Waals surface area contributed by atoms with Gasteiger partial charge in [-0.1, -0.05) is 0 Å². The van der Waals surface area contributed by atoms with Gasteiger partial charge >= 0.3 is 0 Å². The number of ether oxygens (including phenoxy) is 2. The molecule has 0 amide bonds. The van der Waals surface area contributed by atoms with Crippen molar-refractivity contribution < 1.29 is 19.1 Å². The lowest BCUT2D eigenvalue weighted by atomic mass is 10.4. The Morgan fingerprint density at radius 1 is 1.33 bits per heavy atom. The monoisotopic (exact) mass is 178 g/mol. The van der Waals surface area contributed by atoms with E-state index in [1.54, 1.807) is 14.2 Å². The second-order valence-corrected chi connectivity index (χ2v) is 3.37. The van der Waals surface area contributed by atoms with Gasteiger partial charge in [-0.15, -0.1) is 0 Å². The third-order valence-electron chi connectivity index (χ3n) is 2.04. The number of hydrogen-bond donors (Lipinski definition) is 1. The third kappa shape index (κ3) is 3.49. The Bertz CT molecular complexity index is 117. The molecule has 0 aliphatic carbocycles. The molecule has 0 aliphatic rings. The molecule has 4 nitrogen and oxygen atoms in total. The van der Waals surface area contributed by atoms with Crippen LogP contribution in [0, 0.1) is 0 Å². The zero-order valence-corrected chi connectivity index (χ0v) is 8.41. The Hall–Kier alpha value is -0.160. The van der Waals surface area contributed by atoms with Crippen molar-refractivity contribution in [1.82, 2.24) is 0 Å². The summed E-state index contributed by atoms with van der Waals surface area (Å²) < 4.78 is 10.9. The van der Waals surface area contributed by atoms with E-state index in [0.29, 0.717) is 17.6 Å². The van der Waals surface area contributed by atoms with Gasteiger partial charge in [-0.3, -0.25) is 4.48 Å². The Balaban J connectivity index is 4.05. The second kappa shape index (κ2) is 5.48. The molecule has 0 spiro atoms. The van der Waals surface area contributed by atoms with Crippen molar-refractivity contribution in [3.8, 4) is 0 Å². The zero-order chi connectivity index (χ0) is 9.61. The van der Waals surface area contributed by atoms with Gasteiger partial charge in [0.15, 0.2) is 0 Å². The van der Waals surface area contributed by atoms with Gasteiger partial charge in [-0.05, 0) is 0 Å². The average molecular weight is 178 g/mol. The second-order valence-electron chi connectivity index (χ2n) is 3.37. The fourth-order valence-electron chi connectivity index (χ4n) is 1.10. The number of methoxy groups -OCH3 is 2. The Labute approximate surface area is 74.3 Å². The third-order valence-corrected chi connectivity index (χ3v) is 2.04. The van der Waals surface area contributed by atoms with E-state index >= 15 is 0 Å². The first kappa shape index (κ1) is 11.8. The molecule has 0 aromatic carbocycles. The lowest BCUT2D eigenvalue weighted by molar-refractivity contribution is -0.937. The molecule has 74 valence electrons. The topological polar surface area (TPSA) is 38.7 Å². The number of likely N-dealkylation sites (N-methyl/N-ethyl adjacent to an activating group) is 1. The van der Waals surface area contributed by atoms with Crippen LogP contribution in [0.5, 0.6) is 0 Å². The predicted octanol–water partition coefficient (Wildman–Crippen LogP) is -0.326. The molecule has 0 saturated carbocycles. The molecule has 1 N–H and O–H groups in total. The molecule has 4 heteroatoms. The normalized spacial score (nSPS) is 14.8. The van der Waals surface area contributed by atoms with Gasteiger partial charge in [0, 0.05) is 14.2 Å². The molecule has 1 unspecified atom stereocenters. The first-order valence-electron chi connectivity index (χ1n) is 4.03. The van der Waals surface area contributed by atoms with E-state index in [9.17, 15) is 0 Å². The summed E-state index contributed by atoms with van der Waals surface area (Å²) in [5, 5.41) is 8.80. The molecule has 0 saturated heterocycles. The summed E-state index contributed by atoms with van der Waals surface area (Å²) in [6.07, 6.45) is -0.0119. The van der Waals surface area contributed by atoms with Crippen molar-refractivity contribution >= 4 is 0 Å². The Morgan fingerprint density at radius 3 is 2.25 bits per heavy atom. The van der Waals surface area contributed by atoms with E-state index in [1.807, 2.05) is 14.1 Å². The van der Waals surface area contributed by atoms with Crippen LogP contribution in [0.4, 0.5) is 0 Å². The van der Waals surface area contributed by atoms with Crippen LogP contribution in [0.2, 0.25) is 0 Å². The van der Waals surface area contributed by atoms with Crippen LogP contribution in [0.15, 0.2) is 0 Å². The minimum atomic E-state index is -0.0119. The summed E-state index contributed by atoms with van der Waals surface area (Å²) in [6.45, 7) is 1.38. The van der Waals surface area contributed by atoms with E-state index in [2.05, 4.69) is 0 Å². The minimum Gasteiger partial charge on any atom is -0.391 e. The number of hydrogen-bond acceptors (Lipinski definition) is 3. The fourth-order valence-corrected chi connectivity index (χ4v) is 1.10. The summed E-state index contributed by atoms with van der Waals surface area (Å²) >= 11 is 0. The van der Waals surface area contributed by atoms with Gasteiger partial charge in [0.25, 0.3) is 0 Å². The van der Waals surface area contributed by atoms with Crippen molar-refractivity contribution in [3.63, 3.8) is 0 Å². The Kier molecular flexibility index (Phi) is 5.41. The highest BCUT2D eigenvalue weighted by molar-refractivity contribution is 4.42. The van der Waals surface area contributed by atoms with Gasteiger partial charge in [0.1, 0.15) is 13.2 Å². The molecule has 0 heterocycles. The molecule has 0 aromatic rings. The average Bonchev–Trinajstić information content (AvgIpc) is 1.99. The van der Waals surface area contributed by atoms with Crippen LogP contribution in [-0.4, -0.2) is 63.9 Å². The highest BCUT2D eigenvalue weighted by Gasteiger charge is 2.27. The standard InChI is InChI=1S/C8H20NO3/c1-9(2,5-6-10)8(12-4)7-11-3/h8,10H,5-7H2,1-4H3/q+1. The number of nitrogens with zero attached hydrogens (tertiary/aromatic N) is 1. The molecule has 0 fully saturated rings. The van der Waals surface area contributed by atoms with Gasteiger partial charge in [-0.25, -0.2) is 0 Å². The van der Waals surface area contributed by atoms with Crippen molar-refractivity contribution in [1.29, 1.82) is 0 Å². The predicted molar refractivity (Wildman–Crippen MR) is 46.7 cm³/mol.